The molecule has 0 unspecified atom stereocenters. The van der Waals surface area contributed by atoms with Crippen LogP contribution in [0.2, 0.25) is 0 Å². The van der Waals surface area contributed by atoms with Gasteiger partial charge in [0.25, 0.3) is 0 Å². The second-order valence-corrected chi connectivity index (χ2v) is 4.99. The van der Waals surface area contributed by atoms with E-state index in [2.05, 4.69) is 6.58 Å². The van der Waals surface area contributed by atoms with Crippen molar-refractivity contribution in [1.82, 2.24) is 0 Å². The summed E-state index contributed by atoms with van der Waals surface area (Å²) in [6.45, 7) is 7.64. The van der Waals surface area contributed by atoms with Gasteiger partial charge in [-0.1, -0.05) is 30.8 Å². The van der Waals surface area contributed by atoms with Crippen LogP contribution in [0.4, 0.5) is 0 Å². The summed E-state index contributed by atoms with van der Waals surface area (Å²) in [7, 11) is 0. The average Bonchev–Trinajstić information content (AvgIpc) is 2.47. The van der Waals surface area contributed by atoms with Crippen molar-refractivity contribution in [3.8, 4) is 11.5 Å². The van der Waals surface area contributed by atoms with Crippen molar-refractivity contribution in [2.45, 2.75) is 20.0 Å². The lowest BCUT2D eigenvalue weighted by Crippen LogP contribution is -2.10. The van der Waals surface area contributed by atoms with E-state index in [0.717, 1.165) is 0 Å². The largest absolute Gasteiger partial charge is 0.507 e. The summed E-state index contributed by atoms with van der Waals surface area (Å²) in [4.78, 5) is 12.2. The third kappa shape index (κ3) is 3.67. The Morgan fingerprint density at radius 3 is 2.27 bits per heavy atom. The summed E-state index contributed by atoms with van der Waals surface area (Å²) in [6.07, 6.45) is -0.0329. The van der Waals surface area contributed by atoms with E-state index in [1.54, 1.807) is 30.3 Å². The molecule has 1 N–H and O–H groups in total. The lowest BCUT2D eigenvalue weighted by Gasteiger charge is -2.15. The first-order valence-electron chi connectivity index (χ1n) is 6.94. The first-order chi connectivity index (χ1) is 10.5. The number of phenolic OH excluding ortho intramolecular Hbond substituents is 1. The van der Waals surface area contributed by atoms with Crippen molar-refractivity contribution < 1.29 is 19.4 Å². The molecule has 0 heterocycles. The molecule has 0 fully saturated rings. The first-order valence-corrected chi connectivity index (χ1v) is 6.94. The van der Waals surface area contributed by atoms with Crippen LogP contribution in [0.1, 0.15) is 29.8 Å². The minimum atomic E-state index is -0.636. The lowest BCUT2D eigenvalue weighted by molar-refractivity contribution is 0.0730. The Labute approximate surface area is 129 Å². The van der Waals surface area contributed by atoms with E-state index in [0.29, 0.717) is 17.1 Å². The quantitative estimate of drug-likeness (QED) is 0.515. The van der Waals surface area contributed by atoms with Gasteiger partial charge in [0.1, 0.15) is 22.8 Å². The summed E-state index contributed by atoms with van der Waals surface area (Å²) < 4.78 is 10.9. The standard InChI is InChI=1S/C18H18O4/c1-12(2)21-13(3)14-8-5-7-11-17(14)22-18(20)15-9-4-6-10-16(15)19/h4-12,19H,3H2,1-2H3. The third-order valence-corrected chi connectivity index (χ3v) is 2.89. The fraction of sp³-hybridized carbons (Fsp3) is 0.167. The topological polar surface area (TPSA) is 55.8 Å². The van der Waals surface area contributed by atoms with Crippen molar-refractivity contribution in [1.29, 1.82) is 0 Å². The number of benzene rings is 2. The van der Waals surface area contributed by atoms with Crippen molar-refractivity contribution in [2.24, 2.45) is 0 Å². The normalized spacial score (nSPS) is 10.3. The smallest absolute Gasteiger partial charge is 0.347 e. The molecule has 0 spiro atoms. The number of aromatic hydroxyl groups is 1. The molecule has 0 radical (unpaired) electrons. The van der Waals surface area contributed by atoms with Gasteiger partial charge < -0.3 is 14.6 Å². The maximum absolute atomic E-state index is 12.2. The van der Waals surface area contributed by atoms with E-state index in [1.165, 1.54) is 12.1 Å². The molecule has 2 rings (SSSR count). The minimum absolute atomic E-state index is 0.0329. The molecule has 0 saturated carbocycles. The molecule has 0 saturated heterocycles. The Morgan fingerprint density at radius 2 is 1.64 bits per heavy atom. The van der Waals surface area contributed by atoms with Gasteiger partial charge in [-0.25, -0.2) is 4.79 Å². The number of ether oxygens (including phenoxy) is 2. The van der Waals surface area contributed by atoms with E-state index in [1.807, 2.05) is 19.9 Å². The van der Waals surface area contributed by atoms with Gasteiger partial charge in [-0.2, -0.15) is 0 Å². The monoisotopic (exact) mass is 298 g/mol. The van der Waals surface area contributed by atoms with E-state index >= 15 is 0 Å². The number of rotatable bonds is 5. The summed E-state index contributed by atoms with van der Waals surface area (Å²) in [5.41, 5.74) is 0.702. The summed E-state index contributed by atoms with van der Waals surface area (Å²) in [5.74, 6) is 0.00206. The van der Waals surface area contributed by atoms with Crippen LogP contribution >= 0.6 is 0 Å². The molecule has 0 amide bonds. The van der Waals surface area contributed by atoms with Crippen LogP contribution in [0, 0.1) is 0 Å². The molecule has 0 aliphatic heterocycles. The van der Waals surface area contributed by atoms with Gasteiger partial charge >= 0.3 is 5.97 Å². The zero-order valence-corrected chi connectivity index (χ0v) is 12.6. The average molecular weight is 298 g/mol. The predicted molar refractivity (Wildman–Crippen MR) is 84.8 cm³/mol. The van der Waals surface area contributed by atoms with Crippen LogP contribution in [0.5, 0.6) is 11.5 Å². The third-order valence-electron chi connectivity index (χ3n) is 2.89. The van der Waals surface area contributed by atoms with Crippen molar-refractivity contribution >= 4 is 11.7 Å². The second-order valence-electron chi connectivity index (χ2n) is 4.99. The molecule has 4 heteroatoms. The van der Waals surface area contributed by atoms with Gasteiger partial charge in [0.05, 0.1) is 11.7 Å². The number of carbonyl (C=O) groups is 1. The number of phenols is 1. The van der Waals surface area contributed by atoms with Crippen molar-refractivity contribution in [2.75, 3.05) is 0 Å². The van der Waals surface area contributed by atoms with E-state index in [-0.39, 0.29) is 17.4 Å². The SMILES string of the molecule is C=C(OC(C)C)c1ccccc1OC(=O)c1ccccc1O. The minimum Gasteiger partial charge on any atom is -0.507 e. The fourth-order valence-electron chi connectivity index (χ4n) is 1.94. The summed E-state index contributed by atoms with van der Waals surface area (Å²) in [5, 5.41) is 9.71. The molecule has 2 aromatic carbocycles. The van der Waals surface area contributed by atoms with Crippen molar-refractivity contribution in [3.05, 3.63) is 66.2 Å². The van der Waals surface area contributed by atoms with Gasteiger partial charge in [0.2, 0.25) is 0 Å². The molecule has 4 nitrogen and oxygen atoms in total. The Bertz CT molecular complexity index is 689. The molecule has 0 atom stereocenters. The lowest BCUT2D eigenvalue weighted by atomic mass is 10.1. The molecule has 22 heavy (non-hydrogen) atoms. The highest BCUT2D eigenvalue weighted by Crippen LogP contribution is 2.28. The Morgan fingerprint density at radius 1 is 1.05 bits per heavy atom. The zero-order chi connectivity index (χ0) is 16.1. The van der Waals surface area contributed by atoms with Crippen LogP contribution < -0.4 is 4.74 Å². The highest BCUT2D eigenvalue weighted by Gasteiger charge is 2.16. The zero-order valence-electron chi connectivity index (χ0n) is 12.6. The van der Waals surface area contributed by atoms with Crippen molar-refractivity contribution in [3.63, 3.8) is 0 Å². The van der Waals surface area contributed by atoms with Gasteiger partial charge in [-0.3, -0.25) is 0 Å². The van der Waals surface area contributed by atoms with Crippen LogP contribution in [0.25, 0.3) is 5.76 Å². The van der Waals surface area contributed by atoms with Gasteiger partial charge in [-0.15, -0.1) is 0 Å². The highest BCUT2D eigenvalue weighted by atomic mass is 16.5. The molecule has 0 bridgehead atoms. The second kappa shape index (κ2) is 6.80. The van der Waals surface area contributed by atoms with Gasteiger partial charge in [0.15, 0.2) is 0 Å². The van der Waals surface area contributed by atoms with Crippen LogP contribution in [-0.2, 0) is 4.74 Å². The van der Waals surface area contributed by atoms with Crippen LogP contribution in [0.15, 0.2) is 55.1 Å². The van der Waals surface area contributed by atoms with Gasteiger partial charge in [0, 0.05) is 0 Å². The maximum atomic E-state index is 12.2. The van der Waals surface area contributed by atoms with E-state index in [4.69, 9.17) is 9.47 Å². The van der Waals surface area contributed by atoms with Gasteiger partial charge in [-0.05, 0) is 38.1 Å². The summed E-state index contributed by atoms with van der Waals surface area (Å²) in [6, 6.07) is 13.2. The Balaban J connectivity index is 2.25. The van der Waals surface area contributed by atoms with E-state index < -0.39 is 5.97 Å². The molecular weight excluding hydrogens is 280 g/mol. The molecule has 0 aliphatic rings. The van der Waals surface area contributed by atoms with E-state index in [9.17, 15) is 9.90 Å². The Kier molecular flexibility index (Phi) is 4.84. The van der Waals surface area contributed by atoms with Crippen LogP contribution in [-0.4, -0.2) is 17.2 Å². The number of hydrogen-bond donors (Lipinski definition) is 1. The number of hydrogen-bond acceptors (Lipinski definition) is 4. The molecular formula is C18H18O4. The molecule has 2 aromatic rings. The first kappa shape index (κ1) is 15.6. The summed E-state index contributed by atoms with van der Waals surface area (Å²) >= 11 is 0. The molecule has 0 aliphatic carbocycles. The molecule has 114 valence electrons. The Hall–Kier alpha value is -2.75. The fourth-order valence-corrected chi connectivity index (χ4v) is 1.94. The number of esters is 1. The number of para-hydroxylation sites is 2. The maximum Gasteiger partial charge on any atom is 0.347 e. The van der Waals surface area contributed by atoms with Crippen LogP contribution in [0.3, 0.4) is 0 Å². The number of carbonyl (C=O) groups excluding carboxylic acids is 1. The highest BCUT2D eigenvalue weighted by molar-refractivity contribution is 5.94. The predicted octanol–water partition coefficient (Wildman–Crippen LogP) is 4.01. The molecule has 0 aromatic heterocycles.